The quantitative estimate of drug-likeness (QED) is 0.166. The number of carbonyl (C=O) groups is 3. The second-order valence-electron chi connectivity index (χ2n) is 9.80. The van der Waals surface area contributed by atoms with Crippen LogP contribution in [0.25, 0.3) is 5.76 Å². The molecule has 1 amide bonds. The minimum Gasteiger partial charge on any atom is -0.507 e. The van der Waals surface area contributed by atoms with E-state index in [9.17, 15) is 19.5 Å². The van der Waals surface area contributed by atoms with Crippen LogP contribution in [0.2, 0.25) is 0 Å². The van der Waals surface area contributed by atoms with E-state index in [1.54, 1.807) is 60.8 Å². The lowest BCUT2D eigenvalue weighted by Gasteiger charge is -2.25. The summed E-state index contributed by atoms with van der Waals surface area (Å²) in [6.07, 6.45) is 2.23. The molecule has 0 aliphatic carbocycles. The van der Waals surface area contributed by atoms with E-state index in [-0.39, 0.29) is 23.5 Å². The first kappa shape index (κ1) is 27.6. The number of ketones is 1. The normalized spacial score (nSPS) is 16.5. The maximum absolute atomic E-state index is 13.4. The van der Waals surface area contributed by atoms with Crippen molar-refractivity contribution in [1.82, 2.24) is 4.98 Å². The van der Waals surface area contributed by atoms with E-state index in [4.69, 9.17) is 9.47 Å². The van der Waals surface area contributed by atoms with Crippen LogP contribution in [0.5, 0.6) is 5.75 Å². The van der Waals surface area contributed by atoms with Crippen molar-refractivity contribution in [3.63, 3.8) is 0 Å². The smallest absolute Gasteiger partial charge is 0.338 e. The minimum atomic E-state index is -1.01. The molecule has 2 aromatic carbocycles. The summed E-state index contributed by atoms with van der Waals surface area (Å²) in [6, 6.07) is 15.6. The number of carbonyl (C=O) groups excluding carboxylic acids is 3. The van der Waals surface area contributed by atoms with E-state index in [0.29, 0.717) is 41.6 Å². The minimum absolute atomic E-state index is 0.0899. The molecular weight excluding hydrogens is 496 g/mol. The van der Waals surface area contributed by atoms with E-state index in [1.165, 1.54) is 11.0 Å². The van der Waals surface area contributed by atoms with Crippen LogP contribution in [0.1, 0.15) is 60.4 Å². The Morgan fingerprint density at radius 3 is 2.51 bits per heavy atom. The molecule has 3 aromatic rings. The van der Waals surface area contributed by atoms with E-state index in [0.717, 1.165) is 5.56 Å². The lowest BCUT2D eigenvalue weighted by atomic mass is 9.97. The lowest BCUT2D eigenvalue weighted by molar-refractivity contribution is -0.132. The third kappa shape index (κ3) is 5.85. The van der Waals surface area contributed by atoms with Gasteiger partial charge in [-0.2, -0.15) is 0 Å². The van der Waals surface area contributed by atoms with Crippen molar-refractivity contribution < 1.29 is 29.0 Å². The van der Waals surface area contributed by atoms with E-state index >= 15 is 0 Å². The first-order valence-corrected chi connectivity index (χ1v) is 13.0. The molecule has 1 N–H and O–H groups in total. The number of anilines is 1. The van der Waals surface area contributed by atoms with E-state index in [1.807, 2.05) is 13.8 Å². The Morgan fingerprint density at radius 2 is 1.85 bits per heavy atom. The topological polar surface area (TPSA) is 106 Å². The van der Waals surface area contributed by atoms with Crippen LogP contribution in [0.4, 0.5) is 5.69 Å². The molecule has 1 unspecified atom stereocenters. The number of aliphatic hydroxyl groups excluding tert-OH is 1. The monoisotopic (exact) mass is 528 g/mol. The highest BCUT2D eigenvalue weighted by Crippen LogP contribution is 2.42. The zero-order valence-corrected chi connectivity index (χ0v) is 22.5. The third-order valence-electron chi connectivity index (χ3n) is 6.23. The number of benzene rings is 2. The SMILES string of the molecule is CCCOC(=O)c1cccc(N2C(=O)C(=O)/C(=C(/O)c3ccc(OCC(C)C)c(C)c3)C2c2ccccn2)c1. The maximum Gasteiger partial charge on any atom is 0.338 e. The Hall–Kier alpha value is -4.46. The fraction of sp³-hybridized carbons (Fsp3) is 0.290. The van der Waals surface area contributed by atoms with Crippen molar-refractivity contribution in [3.8, 4) is 5.75 Å². The molecule has 1 aliphatic heterocycles. The summed E-state index contributed by atoms with van der Waals surface area (Å²) in [6.45, 7) is 8.66. The molecular formula is C31H32N2O6. The maximum atomic E-state index is 13.4. The number of esters is 1. The second-order valence-corrected chi connectivity index (χ2v) is 9.80. The molecule has 1 aliphatic rings. The Bertz CT molecular complexity index is 1410. The molecule has 0 saturated carbocycles. The van der Waals surface area contributed by atoms with E-state index in [2.05, 4.69) is 18.8 Å². The second kappa shape index (κ2) is 11.9. The highest BCUT2D eigenvalue weighted by atomic mass is 16.5. The van der Waals surface area contributed by atoms with Gasteiger partial charge in [0, 0.05) is 17.4 Å². The number of nitrogens with zero attached hydrogens (tertiary/aromatic N) is 2. The molecule has 202 valence electrons. The first-order chi connectivity index (χ1) is 18.7. The largest absolute Gasteiger partial charge is 0.507 e. The highest BCUT2D eigenvalue weighted by Gasteiger charge is 2.47. The lowest BCUT2D eigenvalue weighted by Crippen LogP contribution is -2.30. The molecule has 8 heteroatoms. The Kier molecular flexibility index (Phi) is 8.44. The predicted molar refractivity (Wildman–Crippen MR) is 148 cm³/mol. The van der Waals surface area contributed by atoms with Crippen LogP contribution >= 0.6 is 0 Å². The van der Waals surface area contributed by atoms with Crippen molar-refractivity contribution in [2.24, 2.45) is 5.92 Å². The number of amides is 1. The number of aromatic nitrogens is 1. The Balaban J connectivity index is 1.80. The Labute approximate surface area is 227 Å². The van der Waals surface area contributed by atoms with Gasteiger partial charge >= 0.3 is 5.97 Å². The molecule has 0 spiro atoms. The van der Waals surface area contributed by atoms with Crippen LogP contribution in [-0.4, -0.2) is 41.0 Å². The van der Waals surface area contributed by atoms with Gasteiger partial charge in [0.15, 0.2) is 0 Å². The van der Waals surface area contributed by atoms with Gasteiger partial charge in [-0.1, -0.05) is 32.9 Å². The number of aliphatic hydroxyl groups is 1. The van der Waals surface area contributed by atoms with Gasteiger partial charge in [0.05, 0.1) is 30.0 Å². The summed E-state index contributed by atoms with van der Waals surface area (Å²) >= 11 is 0. The van der Waals surface area contributed by atoms with Crippen LogP contribution in [0, 0.1) is 12.8 Å². The van der Waals surface area contributed by atoms with Gasteiger partial charge in [0.25, 0.3) is 11.7 Å². The number of rotatable bonds is 9. The first-order valence-electron chi connectivity index (χ1n) is 13.0. The summed E-state index contributed by atoms with van der Waals surface area (Å²) in [5.74, 6) is -1.50. The van der Waals surface area contributed by atoms with Crippen molar-refractivity contribution in [2.45, 2.75) is 40.2 Å². The van der Waals surface area contributed by atoms with Gasteiger partial charge in [-0.05, 0) is 73.4 Å². The molecule has 8 nitrogen and oxygen atoms in total. The Morgan fingerprint density at radius 1 is 1.05 bits per heavy atom. The third-order valence-corrected chi connectivity index (χ3v) is 6.23. The number of aryl methyl sites for hydroxylation is 1. The van der Waals surface area contributed by atoms with Crippen LogP contribution in [0.3, 0.4) is 0 Å². The molecule has 1 atom stereocenters. The standard InChI is InChI=1S/C31H32N2O6/c1-5-15-38-31(37)22-9-8-10-23(17-22)33-27(24-11-6-7-14-32-24)26(29(35)30(33)36)28(34)21-12-13-25(20(4)16-21)39-18-19(2)3/h6-14,16-17,19,27,34H,5,15,18H2,1-4H3/b28-26+. The molecule has 2 heterocycles. The molecule has 39 heavy (non-hydrogen) atoms. The average molecular weight is 529 g/mol. The molecule has 4 rings (SSSR count). The molecule has 1 aromatic heterocycles. The molecule has 0 bridgehead atoms. The molecule has 1 fully saturated rings. The van der Waals surface area contributed by atoms with Crippen molar-refractivity contribution in [1.29, 1.82) is 0 Å². The van der Waals surface area contributed by atoms with Gasteiger partial charge < -0.3 is 14.6 Å². The molecule has 0 radical (unpaired) electrons. The van der Waals surface area contributed by atoms with Crippen molar-refractivity contribution in [3.05, 3.63) is 94.8 Å². The van der Waals surface area contributed by atoms with Gasteiger partial charge in [-0.3, -0.25) is 19.5 Å². The predicted octanol–water partition coefficient (Wildman–Crippen LogP) is 5.62. The van der Waals surface area contributed by atoms with Crippen LogP contribution < -0.4 is 9.64 Å². The molecule has 1 saturated heterocycles. The van der Waals surface area contributed by atoms with Crippen molar-refractivity contribution in [2.75, 3.05) is 18.1 Å². The number of pyridine rings is 1. The zero-order valence-electron chi connectivity index (χ0n) is 22.5. The highest BCUT2D eigenvalue weighted by molar-refractivity contribution is 6.51. The summed E-state index contributed by atoms with van der Waals surface area (Å²) < 4.78 is 11.1. The van der Waals surface area contributed by atoms with E-state index < -0.39 is 23.7 Å². The van der Waals surface area contributed by atoms with Crippen LogP contribution in [-0.2, 0) is 14.3 Å². The van der Waals surface area contributed by atoms with Gasteiger partial charge in [0.1, 0.15) is 17.6 Å². The number of Topliss-reactive ketones (excluding diaryl/α,β-unsaturated/α-hetero) is 1. The van der Waals surface area contributed by atoms with Crippen LogP contribution in [0.15, 0.2) is 72.4 Å². The average Bonchev–Trinajstić information content (AvgIpc) is 3.21. The summed E-state index contributed by atoms with van der Waals surface area (Å²) in [4.78, 5) is 45.0. The van der Waals surface area contributed by atoms with Crippen molar-refractivity contribution >= 4 is 29.1 Å². The fourth-order valence-electron chi connectivity index (χ4n) is 4.35. The zero-order chi connectivity index (χ0) is 28.1. The number of hydrogen-bond acceptors (Lipinski definition) is 7. The van der Waals surface area contributed by atoms with Gasteiger partial charge in [-0.15, -0.1) is 0 Å². The summed E-state index contributed by atoms with van der Waals surface area (Å²) in [7, 11) is 0. The number of hydrogen-bond donors (Lipinski definition) is 1. The number of ether oxygens (including phenoxy) is 2. The van der Waals surface area contributed by atoms with Gasteiger partial charge in [-0.25, -0.2) is 4.79 Å². The fourth-order valence-corrected chi connectivity index (χ4v) is 4.35. The van der Waals surface area contributed by atoms with Gasteiger partial charge in [0.2, 0.25) is 0 Å². The summed E-state index contributed by atoms with van der Waals surface area (Å²) in [5.41, 5.74) is 2.02. The summed E-state index contributed by atoms with van der Waals surface area (Å²) in [5, 5.41) is 11.4.